The number of aryl methyl sites for hydroxylation is 1. The smallest absolute Gasteiger partial charge is 0.191 e. The highest BCUT2D eigenvalue weighted by atomic mass is 127. The lowest BCUT2D eigenvalue weighted by Crippen LogP contribution is -2.36. The van der Waals surface area contributed by atoms with Crippen LogP contribution in [0.15, 0.2) is 40.7 Å². The molecule has 0 aliphatic heterocycles. The molecule has 1 aromatic carbocycles. The van der Waals surface area contributed by atoms with Crippen LogP contribution in [0.4, 0.5) is 0 Å². The van der Waals surface area contributed by atoms with Gasteiger partial charge in [-0.1, -0.05) is 44.2 Å². The van der Waals surface area contributed by atoms with Crippen molar-refractivity contribution in [2.24, 2.45) is 4.99 Å². The summed E-state index contributed by atoms with van der Waals surface area (Å²) < 4.78 is 0. The van der Waals surface area contributed by atoms with Gasteiger partial charge in [-0.05, 0) is 12.8 Å². The second-order valence-corrected chi connectivity index (χ2v) is 8.52. The number of nitrogens with one attached hydrogen (secondary N) is 2. The number of hydrogen-bond donors (Lipinski definition) is 2. The summed E-state index contributed by atoms with van der Waals surface area (Å²) in [7, 11) is 1.78. The van der Waals surface area contributed by atoms with Crippen LogP contribution in [-0.2, 0) is 13.1 Å². The molecule has 28 heavy (non-hydrogen) atoms. The van der Waals surface area contributed by atoms with Gasteiger partial charge in [0.1, 0.15) is 10.0 Å². The summed E-state index contributed by atoms with van der Waals surface area (Å²) in [5.41, 5.74) is 3.36. The largest absolute Gasteiger partial charge is 0.351 e. The first kappa shape index (κ1) is 22.8. The van der Waals surface area contributed by atoms with E-state index in [-0.39, 0.29) is 24.0 Å². The number of guanidine groups is 1. The summed E-state index contributed by atoms with van der Waals surface area (Å²) in [6, 6.07) is 10.3. The summed E-state index contributed by atoms with van der Waals surface area (Å²) in [5, 5.41) is 11.0. The SMILES string of the molecule is CN=C(NCc1nc(C(C)C)cs1)NCc1sc(-c2ccccc2)nc1C.I. The summed E-state index contributed by atoms with van der Waals surface area (Å²) >= 11 is 3.40. The van der Waals surface area contributed by atoms with Crippen molar-refractivity contribution < 1.29 is 0 Å². The van der Waals surface area contributed by atoms with E-state index in [0.717, 1.165) is 32.9 Å². The number of rotatable bonds is 6. The average molecular weight is 528 g/mol. The minimum absolute atomic E-state index is 0. The number of benzene rings is 1. The van der Waals surface area contributed by atoms with Gasteiger partial charge in [-0.3, -0.25) is 4.99 Å². The molecule has 150 valence electrons. The van der Waals surface area contributed by atoms with E-state index in [0.29, 0.717) is 19.0 Å². The molecule has 0 saturated heterocycles. The van der Waals surface area contributed by atoms with Gasteiger partial charge in [0, 0.05) is 22.9 Å². The highest BCUT2D eigenvalue weighted by molar-refractivity contribution is 14.0. The lowest BCUT2D eigenvalue weighted by atomic mass is 10.2. The van der Waals surface area contributed by atoms with Gasteiger partial charge in [-0.25, -0.2) is 9.97 Å². The van der Waals surface area contributed by atoms with Crippen LogP contribution in [0.2, 0.25) is 0 Å². The van der Waals surface area contributed by atoms with Gasteiger partial charge >= 0.3 is 0 Å². The topological polar surface area (TPSA) is 62.2 Å². The Balaban J connectivity index is 0.00000280. The molecule has 2 N–H and O–H groups in total. The van der Waals surface area contributed by atoms with Gasteiger partial charge < -0.3 is 10.6 Å². The fourth-order valence-electron chi connectivity index (χ4n) is 2.51. The molecule has 0 radical (unpaired) electrons. The normalized spacial score (nSPS) is 11.4. The van der Waals surface area contributed by atoms with Gasteiger partial charge in [-0.2, -0.15) is 0 Å². The molecule has 0 spiro atoms. The van der Waals surface area contributed by atoms with Crippen molar-refractivity contribution in [3.63, 3.8) is 0 Å². The Bertz CT molecular complexity index is 902. The Labute approximate surface area is 191 Å². The molecule has 0 atom stereocenters. The number of nitrogens with zero attached hydrogens (tertiary/aromatic N) is 3. The van der Waals surface area contributed by atoms with Crippen LogP contribution in [0, 0.1) is 6.92 Å². The molecule has 5 nitrogen and oxygen atoms in total. The Morgan fingerprint density at radius 2 is 1.82 bits per heavy atom. The molecule has 0 amide bonds. The van der Waals surface area contributed by atoms with Crippen LogP contribution in [0.3, 0.4) is 0 Å². The van der Waals surface area contributed by atoms with Crippen LogP contribution in [0.25, 0.3) is 10.6 Å². The Kier molecular flexibility index (Phi) is 8.84. The first-order chi connectivity index (χ1) is 13.1. The maximum absolute atomic E-state index is 4.71. The molecular formula is C20H26IN5S2. The zero-order chi connectivity index (χ0) is 19.2. The molecule has 0 fully saturated rings. The number of halogens is 1. The Morgan fingerprint density at radius 3 is 2.46 bits per heavy atom. The molecule has 3 aromatic rings. The van der Waals surface area contributed by atoms with E-state index < -0.39 is 0 Å². The van der Waals surface area contributed by atoms with Gasteiger partial charge in [0.05, 0.1) is 24.5 Å². The highest BCUT2D eigenvalue weighted by Gasteiger charge is 2.10. The third kappa shape index (κ3) is 5.99. The fourth-order valence-corrected chi connectivity index (χ4v) is 4.41. The van der Waals surface area contributed by atoms with Crippen LogP contribution in [0.5, 0.6) is 0 Å². The third-order valence-electron chi connectivity index (χ3n) is 4.12. The molecule has 2 heterocycles. The molecule has 8 heteroatoms. The maximum Gasteiger partial charge on any atom is 0.191 e. The van der Waals surface area contributed by atoms with Crippen LogP contribution < -0.4 is 10.6 Å². The molecular weight excluding hydrogens is 501 g/mol. The van der Waals surface area contributed by atoms with Crippen molar-refractivity contribution in [3.8, 4) is 10.6 Å². The van der Waals surface area contributed by atoms with E-state index in [1.165, 1.54) is 4.88 Å². The van der Waals surface area contributed by atoms with Crippen molar-refractivity contribution in [3.05, 3.63) is 57.0 Å². The number of thiazole rings is 2. The lowest BCUT2D eigenvalue weighted by molar-refractivity contribution is 0.786. The van der Waals surface area contributed by atoms with Crippen molar-refractivity contribution in [2.45, 2.75) is 39.8 Å². The second kappa shape index (κ2) is 10.9. The molecule has 0 bridgehead atoms. The first-order valence-electron chi connectivity index (χ1n) is 8.97. The van der Waals surface area contributed by atoms with Crippen LogP contribution in [0.1, 0.15) is 41.0 Å². The molecule has 0 unspecified atom stereocenters. The van der Waals surface area contributed by atoms with Gasteiger partial charge in [0.25, 0.3) is 0 Å². The van der Waals surface area contributed by atoms with Gasteiger partial charge in [0.2, 0.25) is 0 Å². The molecule has 0 aliphatic carbocycles. The van der Waals surface area contributed by atoms with Crippen molar-refractivity contribution in [1.29, 1.82) is 0 Å². The molecule has 0 saturated carbocycles. The number of aromatic nitrogens is 2. The molecule has 0 aliphatic rings. The van der Waals surface area contributed by atoms with E-state index in [9.17, 15) is 0 Å². The summed E-state index contributed by atoms with van der Waals surface area (Å²) in [5.74, 6) is 1.23. The minimum Gasteiger partial charge on any atom is -0.351 e. The second-order valence-electron chi connectivity index (χ2n) is 6.49. The predicted molar refractivity (Wildman–Crippen MR) is 131 cm³/mol. The van der Waals surface area contributed by atoms with Crippen molar-refractivity contribution in [1.82, 2.24) is 20.6 Å². The van der Waals surface area contributed by atoms with Crippen LogP contribution in [-0.4, -0.2) is 23.0 Å². The van der Waals surface area contributed by atoms with E-state index in [2.05, 4.69) is 58.9 Å². The van der Waals surface area contributed by atoms with E-state index >= 15 is 0 Å². The zero-order valence-electron chi connectivity index (χ0n) is 16.5. The summed E-state index contributed by atoms with van der Waals surface area (Å²) in [4.78, 5) is 14.9. The molecule has 3 rings (SSSR count). The maximum atomic E-state index is 4.71. The van der Waals surface area contributed by atoms with Crippen molar-refractivity contribution in [2.75, 3.05) is 7.05 Å². The van der Waals surface area contributed by atoms with E-state index in [4.69, 9.17) is 4.98 Å². The Morgan fingerprint density at radius 1 is 1.11 bits per heavy atom. The quantitative estimate of drug-likeness (QED) is 0.264. The molecule has 2 aromatic heterocycles. The third-order valence-corrected chi connectivity index (χ3v) is 6.20. The van der Waals surface area contributed by atoms with Crippen LogP contribution >= 0.6 is 46.7 Å². The predicted octanol–water partition coefficient (Wildman–Crippen LogP) is 5.18. The minimum atomic E-state index is 0. The first-order valence-corrected chi connectivity index (χ1v) is 10.7. The number of aliphatic imine (C=N–C) groups is 1. The summed E-state index contributed by atoms with van der Waals surface area (Å²) in [6.45, 7) is 7.75. The van der Waals surface area contributed by atoms with Crippen molar-refractivity contribution >= 4 is 52.6 Å². The van der Waals surface area contributed by atoms with Gasteiger partial charge in [-0.15, -0.1) is 46.7 Å². The number of hydrogen-bond acceptors (Lipinski definition) is 5. The van der Waals surface area contributed by atoms with E-state index in [1.54, 1.807) is 29.7 Å². The average Bonchev–Trinajstić information content (AvgIpc) is 3.30. The Hall–Kier alpha value is -1.52. The fraction of sp³-hybridized carbons (Fsp3) is 0.350. The lowest BCUT2D eigenvalue weighted by Gasteiger charge is -2.10. The summed E-state index contributed by atoms with van der Waals surface area (Å²) in [6.07, 6.45) is 0. The monoisotopic (exact) mass is 527 g/mol. The van der Waals surface area contributed by atoms with Gasteiger partial charge in [0.15, 0.2) is 5.96 Å². The zero-order valence-corrected chi connectivity index (χ0v) is 20.5. The highest BCUT2D eigenvalue weighted by Crippen LogP contribution is 2.27. The standard InChI is InChI=1S/C20H25N5S2.HI/c1-13(2)16-12-26-18(25-16)11-23-20(21-4)22-10-17-14(3)24-19(27-17)15-8-6-5-7-9-15;/h5-9,12-13H,10-11H2,1-4H3,(H2,21,22,23);1H. The van der Waals surface area contributed by atoms with E-state index in [1.807, 2.05) is 18.2 Å².